The topological polar surface area (TPSA) is 788 Å². The fourth-order valence-corrected chi connectivity index (χ4v) is 0. The smallest absolute Gasteiger partial charge is 0.316 e. The zero-order chi connectivity index (χ0) is 0. The fraction of sp³-hybridized carbons (Fsp3) is 0. The second kappa shape index (κ2) is 3770. The van der Waals surface area contributed by atoms with Gasteiger partial charge in [-0.2, -0.15) is 0 Å². The zero-order valence-electron chi connectivity index (χ0n) is 12.5. The highest BCUT2D eigenvalue weighted by atomic mass is 24.3. The van der Waals surface area contributed by atoms with Crippen molar-refractivity contribution >= 4 is 115 Å². The first kappa shape index (κ1) is 4150. The molecule has 0 aromatic heterocycles. The van der Waals surface area contributed by atoms with Gasteiger partial charge in [0, 0.05) is 0 Å². The van der Waals surface area contributed by atoms with Crippen LogP contribution in [0, 0.1) is 0 Å². The second-order valence-corrected chi connectivity index (χ2v) is 0. The molecule has 0 unspecified atom stereocenters. The summed E-state index contributed by atoms with van der Waals surface area (Å²) in [5.74, 6) is 0. The predicted octanol–water partition coefficient (Wildman–Crippen LogP) is -25.2. The van der Waals surface area contributed by atoms with Crippen LogP contribution in [0.4, 0.5) is 0 Å². The largest absolute Gasteiger partial charge is 0.412 e. The SMILES string of the molecule is O.O.O.O.O.O.O.O.O.O.O.O.O.O.O.O.O.O.O.O.O.O.O.O.O.[MgH2].[MgH2].[MgH2].[MgH2].[MgH2]. The van der Waals surface area contributed by atoms with Crippen LogP contribution < -0.4 is 0 Å². The molecule has 25 nitrogen and oxygen atoms in total. The van der Waals surface area contributed by atoms with Gasteiger partial charge in [0.1, 0.15) is 0 Å². The summed E-state index contributed by atoms with van der Waals surface area (Å²) in [6.07, 6.45) is 0. The van der Waals surface area contributed by atoms with E-state index in [2.05, 4.69) is 0 Å². The molecule has 0 aliphatic carbocycles. The van der Waals surface area contributed by atoms with Crippen LogP contribution in [0.25, 0.3) is 0 Å². The van der Waals surface area contributed by atoms with E-state index in [0.29, 0.717) is 0 Å². The minimum atomic E-state index is 0. The maximum atomic E-state index is 0. The molecule has 0 aliphatic heterocycles. The molecule has 0 spiro atoms. The van der Waals surface area contributed by atoms with Crippen LogP contribution in [0.5, 0.6) is 0 Å². The first-order valence-corrected chi connectivity index (χ1v) is 0. The van der Waals surface area contributed by atoms with Gasteiger partial charge in [-0.05, 0) is 0 Å². The Bertz CT molecular complexity index is 19.5. The predicted molar refractivity (Wildman–Crippen MR) is 133 cm³/mol. The van der Waals surface area contributed by atoms with Gasteiger partial charge in [-0.25, -0.2) is 0 Å². The van der Waals surface area contributed by atoms with Crippen molar-refractivity contribution in [1.29, 1.82) is 0 Å². The van der Waals surface area contributed by atoms with Crippen molar-refractivity contribution in [2.24, 2.45) is 0 Å². The highest BCUT2D eigenvalue weighted by Gasteiger charge is 0.320. The Hall–Kier alpha value is 2.83. The lowest BCUT2D eigenvalue weighted by Crippen LogP contribution is -0.382. The summed E-state index contributed by atoms with van der Waals surface area (Å²) in [6, 6.07) is 0. The molecule has 0 aliphatic rings. The second-order valence-electron chi connectivity index (χ2n) is 0. The van der Waals surface area contributed by atoms with Crippen LogP contribution in [0.1, 0.15) is 0 Å². The molecule has 220 valence electrons. The van der Waals surface area contributed by atoms with Crippen molar-refractivity contribution in [3.05, 3.63) is 0 Å². The normalized spacial score (nSPS) is 0. The van der Waals surface area contributed by atoms with E-state index in [-0.39, 0.29) is 252 Å². The standard InChI is InChI=1S/5Mg.25H2O.10H/h;;;;;25*1H2;;;;;;;;;;. The van der Waals surface area contributed by atoms with Crippen molar-refractivity contribution in [3.63, 3.8) is 0 Å². The Morgan fingerprint density at radius 3 is 0.0667 bits per heavy atom. The molecule has 0 radical (unpaired) electrons. The maximum absolute atomic E-state index is 0. The zero-order valence-corrected chi connectivity index (χ0v) is 12.5. The van der Waals surface area contributed by atoms with E-state index in [9.17, 15) is 0 Å². The minimum absolute atomic E-state index is 0. The monoisotopic (exact) mass is 580 g/mol. The first-order valence-electron chi connectivity index (χ1n) is 0. The lowest BCUT2D eigenvalue weighted by atomic mass is 16.0. The summed E-state index contributed by atoms with van der Waals surface area (Å²) < 4.78 is 0. The van der Waals surface area contributed by atoms with Gasteiger partial charge < -0.3 is 137 Å². The van der Waals surface area contributed by atoms with E-state index >= 15 is 0 Å². The van der Waals surface area contributed by atoms with E-state index in [1.165, 1.54) is 0 Å². The summed E-state index contributed by atoms with van der Waals surface area (Å²) in [6.45, 7) is 0. The molecule has 0 rings (SSSR count). The van der Waals surface area contributed by atoms with Gasteiger partial charge in [0.05, 0.1) is 0 Å². The molecule has 0 amide bonds. The summed E-state index contributed by atoms with van der Waals surface area (Å²) in [7, 11) is 0. The summed E-state index contributed by atoms with van der Waals surface area (Å²) in [5, 5.41) is 0. The minimum Gasteiger partial charge on any atom is -0.412 e. The lowest BCUT2D eigenvalue weighted by molar-refractivity contribution is 0.823. The van der Waals surface area contributed by atoms with Gasteiger partial charge in [-0.3, -0.25) is 0 Å². The molecule has 0 fully saturated rings. The van der Waals surface area contributed by atoms with Gasteiger partial charge in [0.25, 0.3) is 0 Å². The molecule has 0 aromatic carbocycles. The summed E-state index contributed by atoms with van der Waals surface area (Å²) in [5.41, 5.74) is 0. The fourth-order valence-electron chi connectivity index (χ4n) is 0. The van der Waals surface area contributed by atoms with Crippen LogP contribution in [0.15, 0.2) is 0 Å². The van der Waals surface area contributed by atoms with Gasteiger partial charge in [-0.1, -0.05) is 0 Å². The van der Waals surface area contributed by atoms with Crippen LogP contribution in [0.3, 0.4) is 0 Å². The molecule has 0 bridgehead atoms. The molecule has 0 saturated heterocycles. The van der Waals surface area contributed by atoms with Crippen LogP contribution in [0.2, 0.25) is 0 Å². The molecule has 30 heteroatoms. The van der Waals surface area contributed by atoms with Crippen molar-refractivity contribution < 1.29 is 137 Å². The van der Waals surface area contributed by atoms with Gasteiger partial charge >= 0.3 is 115 Å². The summed E-state index contributed by atoms with van der Waals surface area (Å²) >= 11 is 0. The Morgan fingerprint density at radius 2 is 0.0667 bits per heavy atom. The van der Waals surface area contributed by atoms with Crippen molar-refractivity contribution in [2.75, 3.05) is 0 Å². The Labute approximate surface area is 250 Å². The van der Waals surface area contributed by atoms with E-state index < -0.39 is 0 Å². The Morgan fingerprint density at radius 1 is 0.0667 bits per heavy atom. The summed E-state index contributed by atoms with van der Waals surface area (Å²) in [4.78, 5) is 0. The highest BCUT2D eigenvalue weighted by Crippen LogP contribution is -0.264. The van der Waals surface area contributed by atoms with Crippen molar-refractivity contribution in [3.8, 4) is 0 Å². The number of hydrogen-bond donors (Lipinski definition) is 0. The lowest BCUT2D eigenvalue weighted by Gasteiger charge is -0.413. The van der Waals surface area contributed by atoms with E-state index in [1.54, 1.807) is 0 Å². The van der Waals surface area contributed by atoms with Crippen LogP contribution >= 0.6 is 0 Å². The Balaban J connectivity index is 0. The third-order valence-corrected chi connectivity index (χ3v) is 0. The molecular formula is H60Mg5O25. The van der Waals surface area contributed by atoms with E-state index in [4.69, 9.17) is 0 Å². The van der Waals surface area contributed by atoms with Crippen molar-refractivity contribution in [2.45, 2.75) is 0 Å². The maximum Gasteiger partial charge on any atom is 0.316 e. The quantitative estimate of drug-likeness (QED) is 0.240. The van der Waals surface area contributed by atoms with Crippen molar-refractivity contribution in [1.82, 2.24) is 0 Å². The molecule has 0 saturated carbocycles. The van der Waals surface area contributed by atoms with E-state index in [1.807, 2.05) is 0 Å². The Kier molecular flexibility index (Phi) is 522000. The van der Waals surface area contributed by atoms with Crippen LogP contribution in [-0.2, 0) is 0 Å². The third-order valence-electron chi connectivity index (χ3n) is 0. The van der Waals surface area contributed by atoms with Crippen LogP contribution in [-0.4, -0.2) is 252 Å². The molecule has 0 aromatic rings. The molecular weight excluding hydrogens is 522 g/mol. The molecule has 50 N–H and O–H groups in total. The molecule has 30 heavy (non-hydrogen) atoms. The van der Waals surface area contributed by atoms with Gasteiger partial charge in [0.2, 0.25) is 0 Å². The van der Waals surface area contributed by atoms with Gasteiger partial charge in [0.15, 0.2) is 0 Å². The average Bonchev–Trinajstić information content (AvgIpc) is 0. The molecule has 0 atom stereocenters. The first-order chi connectivity index (χ1) is 0. The average molecular weight is 582 g/mol. The third kappa shape index (κ3) is 3420. The number of hydrogen-bond acceptors (Lipinski definition) is 0. The molecule has 0 heterocycles. The number of rotatable bonds is 0. The highest BCUT2D eigenvalue weighted by molar-refractivity contribution is 5.76. The van der Waals surface area contributed by atoms with Gasteiger partial charge in [-0.15, -0.1) is 0 Å². The van der Waals surface area contributed by atoms with E-state index in [0.717, 1.165) is 0 Å².